The van der Waals surface area contributed by atoms with Crippen LogP contribution in [0, 0.1) is 6.92 Å². The Hall–Kier alpha value is -2.65. The Bertz CT molecular complexity index is 973. The summed E-state index contributed by atoms with van der Waals surface area (Å²) in [6, 6.07) is 21.5. The van der Waals surface area contributed by atoms with Crippen LogP contribution in [-0.2, 0) is 6.54 Å². The van der Waals surface area contributed by atoms with E-state index in [9.17, 15) is 0 Å². The van der Waals surface area contributed by atoms with Crippen molar-refractivity contribution >= 4 is 0 Å². The highest BCUT2D eigenvalue weighted by molar-refractivity contribution is 5.26. The maximum absolute atomic E-state index is 4.94. The monoisotopic (exact) mass is 522 g/mol. The van der Waals surface area contributed by atoms with Gasteiger partial charge in [-0.15, -0.1) is 0 Å². The Balaban J connectivity index is 0. The van der Waals surface area contributed by atoms with Crippen molar-refractivity contribution in [3.05, 3.63) is 94.7 Å². The number of aromatic nitrogens is 1. The molecule has 0 aliphatic carbocycles. The Morgan fingerprint density at radius 3 is 1.63 bits per heavy atom. The van der Waals surface area contributed by atoms with Crippen LogP contribution < -0.4 is 4.74 Å². The van der Waals surface area contributed by atoms with Crippen LogP contribution in [0.5, 0.6) is 5.88 Å². The van der Waals surface area contributed by atoms with Crippen molar-refractivity contribution in [3.8, 4) is 5.88 Å². The fourth-order valence-electron chi connectivity index (χ4n) is 3.64. The number of aryl methyl sites for hydroxylation is 1. The van der Waals surface area contributed by atoms with Crippen LogP contribution >= 0.6 is 0 Å². The van der Waals surface area contributed by atoms with Crippen LogP contribution in [-0.4, -0.2) is 30.1 Å². The zero-order valence-corrected chi connectivity index (χ0v) is 24.5. The van der Waals surface area contributed by atoms with Gasteiger partial charge in [-0.1, -0.05) is 130 Å². The van der Waals surface area contributed by atoms with Crippen molar-refractivity contribution in [1.29, 1.82) is 0 Å². The number of methoxy groups -OCH3 is 1. The summed E-state index contributed by atoms with van der Waals surface area (Å²) in [5, 5.41) is 0. The van der Waals surface area contributed by atoms with Gasteiger partial charge >= 0.3 is 0 Å². The van der Waals surface area contributed by atoms with Crippen LogP contribution in [0.3, 0.4) is 0 Å². The van der Waals surface area contributed by atoms with Crippen molar-refractivity contribution in [3.63, 3.8) is 0 Å². The molecule has 0 aliphatic heterocycles. The summed E-state index contributed by atoms with van der Waals surface area (Å²) in [4.78, 5) is 6.54. The first-order chi connectivity index (χ1) is 17.1. The smallest absolute Gasteiger partial charge is 0.212 e. The van der Waals surface area contributed by atoms with Crippen molar-refractivity contribution in [2.75, 3.05) is 20.2 Å². The van der Waals surface area contributed by atoms with Crippen LogP contribution in [0.4, 0.5) is 0 Å². The Morgan fingerprint density at radius 1 is 0.711 bits per heavy atom. The lowest BCUT2D eigenvalue weighted by atomic mass is 10.0. The van der Waals surface area contributed by atoms with E-state index in [0.717, 1.165) is 19.6 Å². The standard InChI is InChI=1S/C14H23N.C10H14.C9H13NO.2CH4/c1-5-15(6-2)11-13-8-7-9-14(10-13)12(3)4;1-8(2)10-6-4-5-9(3)7-10;1-7(2)8-4-5-9(11-3)10-6-8;;/h7-10,12H,5-6,11H2,1-4H3;4-8H,1-3H3;4-7H,1-3H3;2*1H4. The third kappa shape index (κ3) is 14.3. The highest BCUT2D eigenvalue weighted by Crippen LogP contribution is 2.17. The quantitative estimate of drug-likeness (QED) is 0.294. The molecule has 0 saturated carbocycles. The van der Waals surface area contributed by atoms with Crippen LogP contribution in [0.25, 0.3) is 0 Å². The first-order valence-electron chi connectivity index (χ1n) is 13.5. The lowest BCUT2D eigenvalue weighted by molar-refractivity contribution is 0.296. The number of rotatable bonds is 8. The van der Waals surface area contributed by atoms with Gasteiger partial charge in [0.2, 0.25) is 5.88 Å². The fraction of sp³-hybridized carbons (Fsp3) is 0.514. The molecular formula is C35H58N2O. The average Bonchev–Trinajstić information content (AvgIpc) is 2.88. The van der Waals surface area contributed by atoms with Gasteiger partial charge in [0, 0.05) is 18.8 Å². The Kier molecular flexibility index (Phi) is 20.1. The summed E-state index contributed by atoms with van der Waals surface area (Å²) in [6.07, 6.45) is 1.85. The van der Waals surface area contributed by atoms with Crippen molar-refractivity contribution in [2.45, 2.75) is 101 Å². The van der Waals surface area contributed by atoms with E-state index in [-0.39, 0.29) is 14.9 Å². The number of ether oxygens (including phenoxy) is 1. The first kappa shape index (κ1) is 37.5. The van der Waals surface area contributed by atoms with Crippen molar-refractivity contribution < 1.29 is 4.74 Å². The van der Waals surface area contributed by atoms with E-state index in [1.807, 2.05) is 18.3 Å². The second kappa shape index (κ2) is 20.3. The van der Waals surface area contributed by atoms with Gasteiger partial charge in [-0.25, -0.2) is 4.98 Å². The van der Waals surface area contributed by atoms with Gasteiger partial charge in [-0.3, -0.25) is 4.90 Å². The van der Waals surface area contributed by atoms with Crippen LogP contribution in [0.1, 0.15) is 116 Å². The molecule has 0 fully saturated rings. The predicted molar refractivity (Wildman–Crippen MR) is 171 cm³/mol. The summed E-state index contributed by atoms with van der Waals surface area (Å²) < 4.78 is 4.94. The second-order valence-electron chi connectivity index (χ2n) is 10.2. The molecule has 1 aromatic heterocycles. The molecule has 0 radical (unpaired) electrons. The van der Waals surface area contributed by atoms with Gasteiger partial charge < -0.3 is 4.74 Å². The molecule has 3 nitrogen and oxygen atoms in total. The van der Waals surface area contributed by atoms with E-state index in [0.29, 0.717) is 23.6 Å². The minimum atomic E-state index is 0. The molecule has 214 valence electrons. The molecule has 0 N–H and O–H groups in total. The molecule has 0 spiro atoms. The van der Waals surface area contributed by atoms with Gasteiger partial charge in [-0.2, -0.15) is 0 Å². The number of hydrogen-bond donors (Lipinski definition) is 0. The normalized spacial score (nSPS) is 10.2. The van der Waals surface area contributed by atoms with Crippen LogP contribution in [0.15, 0.2) is 66.9 Å². The molecule has 0 bridgehead atoms. The third-order valence-corrected chi connectivity index (χ3v) is 6.26. The SMILES string of the molecule is C.C.CCN(CC)Cc1cccc(C(C)C)c1.COc1ccc(C(C)C)cn1.Cc1cccc(C(C)C)c1. The van der Waals surface area contributed by atoms with Crippen LogP contribution in [0.2, 0.25) is 0 Å². The zero-order chi connectivity index (χ0) is 27.1. The molecule has 38 heavy (non-hydrogen) atoms. The third-order valence-electron chi connectivity index (χ3n) is 6.26. The summed E-state index contributed by atoms with van der Waals surface area (Å²) in [5.41, 5.74) is 6.90. The summed E-state index contributed by atoms with van der Waals surface area (Å²) in [5.74, 6) is 2.49. The number of pyridine rings is 1. The van der Waals surface area contributed by atoms with E-state index >= 15 is 0 Å². The van der Waals surface area contributed by atoms with E-state index in [4.69, 9.17) is 4.74 Å². The predicted octanol–water partition coefficient (Wildman–Crippen LogP) is 10.3. The maximum atomic E-state index is 4.94. The second-order valence-corrected chi connectivity index (χ2v) is 10.2. The minimum Gasteiger partial charge on any atom is -0.481 e. The molecule has 1 heterocycles. The molecule has 3 rings (SSSR count). The lowest BCUT2D eigenvalue weighted by Crippen LogP contribution is -2.22. The van der Waals surface area contributed by atoms with E-state index < -0.39 is 0 Å². The highest BCUT2D eigenvalue weighted by Gasteiger charge is 2.03. The molecular weight excluding hydrogens is 464 g/mol. The van der Waals surface area contributed by atoms with Gasteiger partial charge in [0.15, 0.2) is 0 Å². The van der Waals surface area contributed by atoms with Crippen molar-refractivity contribution in [1.82, 2.24) is 9.88 Å². The van der Waals surface area contributed by atoms with E-state index in [1.54, 1.807) is 7.11 Å². The molecule has 3 heteroatoms. The van der Waals surface area contributed by atoms with Gasteiger partial charge in [-0.05, 0) is 60.0 Å². The zero-order valence-electron chi connectivity index (χ0n) is 24.5. The lowest BCUT2D eigenvalue weighted by Gasteiger charge is -2.18. The highest BCUT2D eigenvalue weighted by atomic mass is 16.5. The summed E-state index contributed by atoms with van der Waals surface area (Å²) in [6.45, 7) is 23.1. The molecule has 0 atom stereocenters. The summed E-state index contributed by atoms with van der Waals surface area (Å²) >= 11 is 0. The Morgan fingerprint density at radius 2 is 1.24 bits per heavy atom. The topological polar surface area (TPSA) is 25.4 Å². The number of hydrogen-bond acceptors (Lipinski definition) is 3. The molecule has 0 saturated heterocycles. The van der Waals surface area contributed by atoms with Crippen molar-refractivity contribution in [2.24, 2.45) is 0 Å². The molecule has 0 aliphatic rings. The Labute approximate surface area is 236 Å². The summed E-state index contributed by atoms with van der Waals surface area (Å²) in [7, 11) is 1.62. The first-order valence-corrected chi connectivity index (χ1v) is 13.5. The van der Waals surface area contributed by atoms with Gasteiger partial charge in [0.25, 0.3) is 0 Å². The average molecular weight is 523 g/mol. The maximum Gasteiger partial charge on any atom is 0.212 e. The number of nitrogens with zero attached hydrogens (tertiary/aromatic N) is 2. The fourth-order valence-corrected chi connectivity index (χ4v) is 3.64. The molecule has 2 aromatic carbocycles. The van der Waals surface area contributed by atoms with E-state index in [1.165, 1.54) is 27.8 Å². The van der Waals surface area contributed by atoms with Gasteiger partial charge in [0.1, 0.15) is 0 Å². The van der Waals surface area contributed by atoms with E-state index in [2.05, 4.69) is 121 Å². The minimum absolute atomic E-state index is 0. The molecule has 3 aromatic rings. The number of benzene rings is 2. The van der Waals surface area contributed by atoms with Gasteiger partial charge in [0.05, 0.1) is 7.11 Å². The molecule has 0 unspecified atom stereocenters. The molecule has 0 amide bonds. The largest absolute Gasteiger partial charge is 0.481 e.